The smallest absolute Gasteiger partial charge is 0.258 e. The van der Waals surface area contributed by atoms with E-state index < -0.39 is 5.91 Å². The van der Waals surface area contributed by atoms with Crippen molar-refractivity contribution in [3.05, 3.63) is 63.5 Å². The van der Waals surface area contributed by atoms with E-state index in [0.29, 0.717) is 30.2 Å². The number of nitrogens with one attached hydrogen (secondary N) is 1. The zero-order valence-corrected chi connectivity index (χ0v) is 19.6. The molecule has 3 rings (SSSR count). The van der Waals surface area contributed by atoms with Gasteiger partial charge in [-0.25, -0.2) is 4.98 Å². The predicted octanol–water partition coefficient (Wildman–Crippen LogP) is 4.27. The molecule has 0 unspecified atom stereocenters. The van der Waals surface area contributed by atoms with Crippen LogP contribution in [0.3, 0.4) is 0 Å². The summed E-state index contributed by atoms with van der Waals surface area (Å²) in [5.74, 6) is -0.481. The van der Waals surface area contributed by atoms with Gasteiger partial charge in [0.25, 0.3) is 5.91 Å². The van der Waals surface area contributed by atoms with Crippen LogP contribution in [0.4, 0.5) is 5.69 Å². The Morgan fingerprint density at radius 2 is 1.87 bits per heavy atom. The quantitative estimate of drug-likeness (QED) is 0.542. The van der Waals surface area contributed by atoms with Crippen molar-refractivity contribution in [1.82, 2.24) is 14.3 Å². The van der Waals surface area contributed by atoms with E-state index in [1.165, 1.54) is 0 Å². The number of pyridine rings is 1. The average Bonchev–Trinajstić information content (AvgIpc) is 3.02. The second kappa shape index (κ2) is 10.8. The Hall–Kier alpha value is -2.32. The number of amides is 2. The maximum absolute atomic E-state index is 12.8. The van der Waals surface area contributed by atoms with Crippen molar-refractivity contribution in [3.8, 4) is 0 Å². The van der Waals surface area contributed by atoms with E-state index in [1.54, 1.807) is 53.8 Å². The van der Waals surface area contributed by atoms with Crippen LogP contribution in [0.15, 0.2) is 36.5 Å². The Labute approximate surface area is 196 Å². The van der Waals surface area contributed by atoms with E-state index in [0.717, 1.165) is 5.69 Å². The molecule has 2 amide bonds. The molecule has 0 fully saturated rings. The molecular weight excluding hydrogens is 463 g/mol. The molecule has 2 aromatic heterocycles. The number of rotatable bonds is 7. The molecule has 10 heteroatoms. The molecule has 2 heterocycles. The van der Waals surface area contributed by atoms with Gasteiger partial charge in [0.05, 0.1) is 45.7 Å². The number of carbonyl (C=O) groups excluding carboxylic acids is 2. The predicted molar refractivity (Wildman–Crippen MR) is 125 cm³/mol. The second-order valence-electron chi connectivity index (χ2n) is 6.80. The number of imidazole rings is 1. The first-order valence-electron chi connectivity index (χ1n) is 9.28. The van der Waals surface area contributed by atoms with Gasteiger partial charge in [0.15, 0.2) is 5.65 Å². The number of hydrogen-bond donors (Lipinski definition) is 1. The van der Waals surface area contributed by atoms with Gasteiger partial charge in [-0.1, -0.05) is 29.3 Å². The molecule has 0 radical (unpaired) electrons. The van der Waals surface area contributed by atoms with Crippen molar-refractivity contribution in [2.75, 3.05) is 32.6 Å². The first-order valence-corrected chi connectivity index (χ1v) is 10.0. The van der Waals surface area contributed by atoms with E-state index in [1.807, 2.05) is 13.1 Å². The van der Waals surface area contributed by atoms with E-state index in [9.17, 15) is 9.59 Å². The molecule has 0 saturated heterocycles. The van der Waals surface area contributed by atoms with Gasteiger partial charge in [-0.05, 0) is 31.2 Å². The summed E-state index contributed by atoms with van der Waals surface area (Å²) in [7, 11) is 3.33. The van der Waals surface area contributed by atoms with Crippen LogP contribution in [0.25, 0.3) is 5.65 Å². The van der Waals surface area contributed by atoms with Gasteiger partial charge in [-0.2, -0.15) is 0 Å². The third-order valence-electron chi connectivity index (χ3n) is 4.76. The molecule has 7 nitrogen and oxygen atoms in total. The fourth-order valence-electron chi connectivity index (χ4n) is 3.07. The van der Waals surface area contributed by atoms with E-state index in [4.69, 9.17) is 27.9 Å². The number of aromatic nitrogens is 2. The SMILES string of the molecule is COCCN(C)C(=O)Cc1c(C)nc2c(NC(=O)c3c(Cl)cccc3Cl)cccn12.Cl. The van der Waals surface area contributed by atoms with Crippen molar-refractivity contribution in [3.63, 3.8) is 0 Å². The van der Waals surface area contributed by atoms with Crippen LogP contribution in [0.5, 0.6) is 0 Å². The third kappa shape index (κ3) is 5.49. The molecule has 0 atom stereocenters. The molecule has 1 N–H and O–H groups in total. The number of carbonyl (C=O) groups is 2. The topological polar surface area (TPSA) is 75.9 Å². The van der Waals surface area contributed by atoms with Crippen LogP contribution in [0.2, 0.25) is 10.0 Å². The highest BCUT2D eigenvalue weighted by molar-refractivity contribution is 6.40. The molecule has 0 aliphatic rings. The Morgan fingerprint density at radius 3 is 2.52 bits per heavy atom. The van der Waals surface area contributed by atoms with Gasteiger partial charge in [0, 0.05) is 26.9 Å². The summed E-state index contributed by atoms with van der Waals surface area (Å²) in [5.41, 5.74) is 2.69. The molecule has 0 bridgehead atoms. The second-order valence-corrected chi connectivity index (χ2v) is 7.61. The maximum Gasteiger partial charge on any atom is 0.258 e. The normalized spacial score (nSPS) is 10.6. The fourth-order valence-corrected chi connectivity index (χ4v) is 3.64. The van der Waals surface area contributed by atoms with Crippen molar-refractivity contribution >= 4 is 58.8 Å². The maximum atomic E-state index is 12.8. The van der Waals surface area contributed by atoms with E-state index in [2.05, 4.69) is 10.3 Å². The van der Waals surface area contributed by atoms with Gasteiger partial charge in [0.1, 0.15) is 0 Å². The zero-order chi connectivity index (χ0) is 21.8. The first kappa shape index (κ1) is 24.9. The third-order valence-corrected chi connectivity index (χ3v) is 5.39. The molecule has 0 spiro atoms. The van der Waals surface area contributed by atoms with Crippen molar-refractivity contribution in [1.29, 1.82) is 0 Å². The highest BCUT2D eigenvalue weighted by Crippen LogP contribution is 2.27. The minimum absolute atomic E-state index is 0. The first-order chi connectivity index (χ1) is 14.3. The lowest BCUT2D eigenvalue weighted by Crippen LogP contribution is -2.31. The molecule has 0 saturated carbocycles. The Kier molecular flexibility index (Phi) is 8.70. The zero-order valence-electron chi connectivity index (χ0n) is 17.3. The minimum Gasteiger partial charge on any atom is -0.383 e. The summed E-state index contributed by atoms with van der Waals surface area (Å²) in [6, 6.07) is 8.40. The Morgan fingerprint density at radius 1 is 1.19 bits per heavy atom. The van der Waals surface area contributed by atoms with Crippen LogP contribution >= 0.6 is 35.6 Å². The van der Waals surface area contributed by atoms with E-state index >= 15 is 0 Å². The lowest BCUT2D eigenvalue weighted by atomic mass is 10.2. The molecule has 3 aromatic rings. The highest BCUT2D eigenvalue weighted by Gasteiger charge is 2.20. The van der Waals surface area contributed by atoms with Crippen LogP contribution in [-0.2, 0) is 16.0 Å². The fraction of sp³-hybridized carbons (Fsp3) is 0.286. The number of likely N-dealkylation sites (N-methyl/N-ethyl adjacent to an activating group) is 1. The summed E-state index contributed by atoms with van der Waals surface area (Å²) >= 11 is 12.3. The van der Waals surface area contributed by atoms with Gasteiger partial charge < -0.3 is 19.4 Å². The molecule has 166 valence electrons. The molecule has 0 aliphatic carbocycles. The molecule has 1 aromatic carbocycles. The molecule has 31 heavy (non-hydrogen) atoms. The Bertz CT molecular complexity index is 1080. The largest absolute Gasteiger partial charge is 0.383 e. The Balaban J connectivity index is 0.00000341. The number of anilines is 1. The molecule has 0 aliphatic heterocycles. The number of aryl methyl sites for hydroxylation is 1. The highest BCUT2D eigenvalue weighted by atomic mass is 35.5. The number of nitrogens with zero attached hydrogens (tertiary/aromatic N) is 3. The molecular formula is C21H23Cl3N4O3. The van der Waals surface area contributed by atoms with Crippen molar-refractivity contribution < 1.29 is 14.3 Å². The lowest BCUT2D eigenvalue weighted by molar-refractivity contribution is -0.129. The summed E-state index contributed by atoms with van der Waals surface area (Å²) < 4.78 is 6.83. The van der Waals surface area contributed by atoms with Gasteiger partial charge in [-0.3, -0.25) is 9.59 Å². The summed E-state index contributed by atoms with van der Waals surface area (Å²) in [5, 5.41) is 3.35. The van der Waals surface area contributed by atoms with Crippen LogP contribution < -0.4 is 5.32 Å². The minimum atomic E-state index is -0.434. The van der Waals surface area contributed by atoms with Crippen LogP contribution in [-0.4, -0.2) is 53.4 Å². The number of methoxy groups -OCH3 is 1. The average molecular weight is 486 g/mol. The summed E-state index contributed by atoms with van der Waals surface area (Å²) in [6.45, 7) is 2.81. The van der Waals surface area contributed by atoms with E-state index in [-0.39, 0.29) is 40.3 Å². The van der Waals surface area contributed by atoms with Gasteiger partial charge in [0.2, 0.25) is 5.91 Å². The van der Waals surface area contributed by atoms with Crippen LogP contribution in [0.1, 0.15) is 21.7 Å². The van der Waals surface area contributed by atoms with Gasteiger partial charge >= 0.3 is 0 Å². The monoisotopic (exact) mass is 484 g/mol. The number of hydrogen-bond acceptors (Lipinski definition) is 4. The number of ether oxygens (including phenoxy) is 1. The van der Waals surface area contributed by atoms with Crippen molar-refractivity contribution in [2.24, 2.45) is 0 Å². The number of benzene rings is 1. The van der Waals surface area contributed by atoms with Crippen LogP contribution in [0, 0.1) is 6.92 Å². The van der Waals surface area contributed by atoms with Crippen molar-refractivity contribution in [2.45, 2.75) is 13.3 Å². The lowest BCUT2D eigenvalue weighted by Gasteiger charge is -2.16. The summed E-state index contributed by atoms with van der Waals surface area (Å²) in [6.07, 6.45) is 1.99. The van der Waals surface area contributed by atoms with Gasteiger partial charge in [-0.15, -0.1) is 12.4 Å². The summed E-state index contributed by atoms with van der Waals surface area (Å²) in [4.78, 5) is 31.5. The number of fused-ring (bicyclic) bond motifs is 1. The number of halogens is 3. The standard InChI is InChI=1S/C21H22Cl2N4O3.ClH/c1-13-17(12-18(28)26(2)10-11-30-3)27-9-5-8-16(20(27)24-13)25-21(29)19-14(22)6-4-7-15(19)23;/h4-9H,10-12H2,1-3H3,(H,25,29);1H.